The molecular weight excluding hydrogens is 292 g/mol. The molecule has 0 aliphatic rings. The molecule has 1 heterocycles. The van der Waals surface area contributed by atoms with Crippen molar-refractivity contribution in [2.24, 2.45) is 0 Å². The molecule has 1 amide bonds. The Balaban J connectivity index is 1.96. The molecule has 0 fully saturated rings. The minimum absolute atomic E-state index is 0.0602. The largest absolute Gasteiger partial charge is 0.435 e. The third kappa shape index (κ3) is 4.76. The number of rotatable bonds is 6. The first-order valence-corrected chi connectivity index (χ1v) is 6.62. The Labute approximate surface area is 126 Å². The summed E-state index contributed by atoms with van der Waals surface area (Å²) in [5, 5.41) is 2.79. The van der Waals surface area contributed by atoms with Crippen molar-refractivity contribution < 1.29 is 18.3 Å². The summed E-state index contributed by atoms with van der Waals surface area (Å²) in [7, 11) is 0. The maximum absolute atomic E-state index is 12.2. The van der Waals surface area contributed by atoms with E-state index in [0.29, 0.717) is 11.1 Å². The number of hydrogen-bond donors (Lipinski definition) is 1. The molecule has 1 N–H and O–H groups in total. The predicted molar refractivity (Wildman–Crippen MR) is 75.4 cm³/mol. The molecule has 1 aromatic heterocycles. The second-order valence-electron chi connectivity index (χ2n) is 4.66. The number of benzene rings is 1. The molecule has 0 bridgehead atoms. The monoisotopic (exact) mass is 307 g/mol. The van der Waals surface area contributed by atoms with Crippen molar-refractivity contribution in [1.82, 2.24) is 15.3 Å². The Kier molecular flexibility index (Phi) is 5.35. The second-order valence-corrected chi connectivity index (χ2v) is 4.66. The van der Waals surface area contributed by atoms with Gasteiger partial charge in [0.2, 0.25) is 5.91 Å². The van der Waals surface area contributed by atoms with Gasteiger partial charge >= 0.3 is 6.61 Å². The third-order valence-corrected chi connectivity index (χ3v) is 2.94. The fraction of sp³-hybridized carbons (Fsp3) is 0.267. The molecule has 0 saturated carbocycles. The molecule has 0 unspecified atom stereocenters. The number of hydrogen-bond acceptors (Lipinski definition) is 4. The number of halogens is 2. The number of carbonyl (C=O) groups excluding carboxylic acids is 1. The first-order valence-electron chi connectivity index (χ1n) is 6.62. The highest BCUT2D eigenvalue weighted by atomic mass is 19.3. The lowest BCUT2D eigenvalue weighted by Crippen LogP contribution is -2.28. The van der Waals surface area contributed by atoms with Crippen molar-refractivity contribution in [2.75, 3.05) is 0 Å². The first kappa shape index (κ1) is 15.8. The van der Waals surface area contributed by atoms with Gasteiger partial charge in [-0.3, -0.25) is 4.79 Å². The zero-order valence-corrected chi connectivity index (χ0v) is 11.9. The van der Waals surface area contributed by atoms with E-state index in [9.17, 15) is 13.6 Å². The summed E-state index contributed by atoms with van der Waals surface area (Å²) in [4.78, 5) is 19.6. The van der Waals surface area contributed by atoms with Crippen LogP contribution in [-0.4, -0.2) is 22.5 Å². The zero-order valence-electron chi connectivity index (χ0n) is 11.9. The Morgan fingerprint density at radius 3 is 2.73 bits per heavy atom. The van der Waals surface area contributed by atoms with Gasteiger partial charge in [-0.25, -0.2) is 9.97 Å². The fourth-order valence-corrected chi connectivity index (χ4v) is 1.94. The van der Waals surface area contributed by atoms with E-state index in [1.807, 2.05) is 0 Å². The standard InChI is InChI=1S/C15H15F2N3O2/c1-10(12-3-2-4-13(6-12)22-15(16)17)20-14(21)5-11-7-18-9-19-8-11/h2-4,6-10,15H,5H2,1H3,(H,20,21)/t10-/m1/s1. The smallest absolute Gasteiger partial charge is 0.387 e. The highest BCUT2D eigenvalue weighted by molar-refractivity contribution is 5.78. The van der Waals surface area contributed by atoms with E-state index >= 15 is 0 Å². The van der Waals surface area contributed by atoms with E-state index in [1.54, 1.807) is 31.5 Å². The summed E-state index contributed by atoms with van der Waals surface area (Å²) in [5.74, 6) is -0.146. The van der Waals surface area contributed by atoms with Crippen LogP contribution in [0.5, 0.6) is 5.75 Å². The molecular formula is C15H15F2N3O2. The number of carbonyl (C=O) groups is 1. The van der Waals surface area contributed by atoms with Crippen LogP contribution < -0.4 is 10.1 Å². The number of nitrogens with one attached hydrogen (secondary N) is 1. The van der Waals surface area contributed by atoms with Crippen LogP contribution in [0.1, 0.15) is 24.1 Å². The van der Waals surface area contributed by atoms with Crippen LogP contribution in [0.3, 0.4) is 0 Å². The molecule has 2 rings (SSSR count). The van der Waals surface area contributed by atoms with Gasteiger partial charge in [-0.2, -0.15) is 8.78 Å². The van der Waals surface area contributed by atoms with Crippen LogP contribution in [0, 0.1) is 0 Å². The van der Waals surface area contributed by atoms with Crippen LogP contribution in [0.4, 0.5) is 8.78 Å². The number of aromatic nitrogens is 2. The average Bonchev–Trinajstić information content (AvgIpc) is 2.47. The maximum atomic E-state index is 12.2. The first-order chi connectivity index (χ1) is 10.5. The maximum Gasteiger partial charge on any atom is 0.387 e. The molecule has 0 radical (unpaired) electrons. The molecule has 0 spiro atoms. The normalized spacial score (nSPS) is 12.0. The zero-order chi connectivity index (χ0) is 15.9. The van der Waals surface area contributed by atoms with Crippen molar-refractivity contribution in [1.29, 1.82) is 0 Å². The molecule has 7 heteroatoms. The Morgan fingerprint density at radius 1 is 1.32 bits per heavy atom. The Bertz CT molecular complexity index is 623. The molecule has 0 saturated heterocycles. The summed E-state index contributed by atoms with van der Waals surface area (Å²) in [6.45, 7) is -1.11. The number of ether oxygens (including phenoxy) is 1. The summed E-state index contributed by atoms with van der Waals surface area (Å²) in [5.41, 5.74) is 1.37. The van der Waals surface area contributed by atoms with Gasteiger partial charge in [0.25, 0.3) is 0 Å². The molecule has 5 nitrogen and oxygen atoms in total. The van der Waals surface area contributed by atoms with Gasteiger partial charge in [-0.1, -0.05) is 12.1 Å². The van der Waals surface area contributed by atoms with E-state index in [4.69, 9.17) is 0 Å². The topological polar surface area (TPSA) is 64.1 Å². The SMILES string of the molecule is C[C@@H](NC(=O)Cc1cncnc1)c1cccc(OC(F)F)c1. The van der Waals surface area contributed by atoms with Gasteiger partial charge in [0.05, 0.1) is 12.5 Å². The highest BCUT2D eigenvalue weighted by Crippen LogP contribution is 2.20. The minimum Gasteiger partial charge on any atom is -0.435 e. The van der Waals surface area contributed by atoms with Crippen molar-refractivity contribution in [2.45, 2.75) is 26.0 Å². The lowest BCUT2D eigenvalue weighted by atomic mass is 10.1. The fourth-order valence-electron chi connectivity index (χ4n) is 1.94. The number of amides is 1. The molecule has 22 heavy (non-hydrogen) atoms. The number of nitrogens with zero attached hydrogens (tertiary/aromatic N) is 2. The summed E-state index contributed by atoms with van der Waals surface area (Å²) in [6.07, 6.45) is 4.67. The summed E-state index contributed by atoms with van der Waals surface area (Å²) in [6, 6.07) is 5.91. The van der Waals surface area contributed by atoms with E-state index in [-0.39, 0.29) is 24.1 Å². The lowest BCUT2D eigenvalue weighted by molar-refractivity contribution is -0.121. The quantitative estimate of drug-likeness (QED) is 0.890. The van der Waals surface area contributed by atoms with Crippen LogP contribution in [-0.2, 0) is 11.2 Å². The second kappa shape index (κ2) is 7.44. The van der Waals surface area contributed by atoms with Gasteiger partial charge in [0, 0.05) is 12.4 Å². The predicted octanol–water partition coefficient (Wildman–Crippen LogP) is 2.50. The van der Waals surface area contributed by atoms with Crippen molar-refractivity contribution in [3.63, 3.8) is 0 Å². The van der Waals surface area contributed by atoms with Gasteiger partial charge in [0.1, 0.15) is 12.1 Å². The molecule has 1 aromatic carbocycles. The van der Waals surface area contributed by atoms with Gasteiger partial charge in [0.15, 0.2) is 0 Å². The van der Waals surface area contributed by atoms with Crippen LogP contribution in [0.25, 0.3) is 0 Å². The molecule has 1 atom stereocenters. The van der Waals surface area contributed by atoms with Crippen LogP contribution in [0.2, 0.25) is 0 Å². The molecule has 116 valence electrons. The lowest BCUT2D eigenvalue weighted by Gasteiger charge is -2.15. The molecule has 0 aliphatic carbocycles. The van der Waals surface area contributed by atoms with E-state index < -0.39 is 6.61 Å². The van der Waals surface area contributed by atoms with Crippen LogP contribution >= 0.6 is 0 Å². The number of alkyl halides is 2. The van der Waals surface area contributed by atoms with Crippen molar-refractivity contribution >= 4 is 5.91 Å². The summed E-state index contributed by atoms with van der Waals surface area (Å²) < 4.78 is 28.7. The van der Waals surface area contributed by atoms with E-state index in [1.165, 1.54) is 18.5 Å². The van der Waals surface area contributed by atoms with Crippen LogP contribution in [0.15, 0.2) is 43.0 Å². The van der Waals surface area contributed by atoms with E-state index in [2.05, 4.69) is 20.0 Å². The van der Waals surface area contributed by atoms with Gasteiger partial charge in [-0.05, 0) is 30.2 Å². The van der Waals surface area contributed by atoms with E-state index in [0.717, 1.165) is 0 Å². The van der Waals surface area contributed by atoms with Crippen molar-refractivity contribution in [3.8, 4) is 5.75 Å². The average molecular weight is 307 g/mol. The molecule has 0 aliphatic heterocycles. The Morgan fingerprint density at radius 2 is 2.05 bits per heavy atom. The van der Waals surface area contributed by atoms with Crippen molar-refractivity contribution in [3.05, 3.63) is 54.1 Å². The highest BCUT2D eigenvalue weighted by Gasteiger charge is 2.12. The third-order valence-electron chi connectivity index (χ3n) is 2.94. The Hall–Kier alpha value is -2.57. The summed E-state index contributed by atoms with van der Waals surface area (Å²) >= 11 is 0. The molecule has 2 aromatic rings. The van der Waals surface area contributed by atoms with Gasteiger partial charge < -0.3 is 10.1 Å². The van der Waals surface area contributed by atoms with Gasteiger partial charge in [-0.15, -0.1) is 0 Å². The minimum atomic E-state index is -2.88.